The van der Waals surface area contributed by atoms with Gasteiger partial charge in [0.15, 0.2) is 0 Å². The molecule has 2 unspecified atom stereocenters. The first-order valence-electron chi connectivity index (χ1n) is 7.05. The minimum absolute atomic E-state index is 0.277. The van der Waals surface area contributed by atoms with E-state index < -0.39 is 0 Å². The molecule has 2 rings (SSSR count). The number of hydrogen-bond donors (Lipinski definition) is 1. The highest BCUT2D eigenvalue weighted by Crippen LogP contribution is 2.30. The number of nitrogens with one attached hydrogen (secondary N) is 1. The Morgan fingerprint density at radius 2 is 2.26 bits per heavy atom. The molecule has 1 heterocycles. The molecule has 2 atom stereocenters. The first-order valence-corrected chi connectivity index (χ1v) is 7.43. The highest BCUT2D eigenvalue weighted by molar-refractivity contribution is 6.33. The van der Waals surface area contributed by atoms with Gasteiger partial charge in [0.2, 0.25) is 0 Å². The van der Waals surface area contributed by atoms with Gasteiger partial charge in [0, 0.05) is 19.1 Å². The van der Waals surface area contributed by atoms with Crippen molar-refractivity contribution >= 4 is 17.3 Å². The minimum Gasteiger partial charge on any atom is -0.370 e. The molecular weight excluding hydrogens is 263 g/mol. The first kappa shape index (κ1) is 14.6. The monoisotopic (exact) mass is 284 g/mol. The highest BCUT2D eigenvalue weighted by Gasteiger charge is 2.26. The zero-order chi connectivity index (χ0) is 13.8. The summed E-state index contributed by atoms with van der Waals surface area (Å²) in [5.41, 5.74) is 0.948. The molecule has 19 heavy (non-hydrogen) atoms. The van der Waals surface area contributed by atoms with E-state index in [9.17, 15) is 4.39 Å². The molecule has 1 aromatic carbocycles. The van der Waals surface area contributed by atoms with Crippen molar-refractivity contribution < 1.29 is 4.39 Å². The molecule has 1 aliphatic rings. The maximum Gasteiger partial charge on any atom is 0.124 e. The van der Waals surface area contributed by atoms with Crippen molar-refractivity contribution in [1.29, 1.82) is 0 Å². The SMILES string of the molecule is CCCNC1CCN(c2ccc(F)cc2Cl)CC1C. The van der Waals surface area contributed by atoms with Crippen LogP contribution in [0, 0.1) is 11.7 Å². The van der Waals surface area contributed by atoms with Crippen molar-refractivity contribution in [3.8, 4) is 0 Å². The summed E-state index contributed by atoms with van der Waals surface area (Å²) in [6.45, 7) is 7.46. The lowest BCUT2D eigenvalue weighted by Crippen LogP contribution is -2.48. The van der Waals surface area contributed by atoms with Gasteiger partial charge in [-0.1, -0.05) is 25.4 Å². The van der Waals surface area contributed by atoms with Gasteiger partial charge < -0.3 is 10.2 Å². The highest BCUT2D eigenvalue weighted by atomic mass is 35.5. The summed E-state index contributed by atoms with van der Waals surface area (Å²) in [4.78, 5) is 2.26. The molecule has 106 valence electrons. The second kappa shape index (κ2) is 6.58. The van der Waals surface area contributed by atoms with Crippen molar-refractivity contribution in [3.63, 3.8) is 0 Å². The fraction of sp³-hybridized carbons (Fsp3) is 0.600. The number of piperidine rings is 1. The first-order chi connectivity index (χ1) is 9.11. The molecule has 0 saturated carbocycles. The summed E-state index contributed by atoms with van der Waals surface area (Å²) in [5, 5.41) is 4.10. The van der Waals surface area contributed by atoms with E-state index in [1.165, 1.54) is 12.1 Å². The van der Waals surface area contributed by atoms with Crippen LogP contribution >= 0.6 is 11.6 Å². The quantitative estimate of drug-likeness (QED) is 0.907. The van der Waals surface area contributed by atoms with Crippen LogP contribution in [-0.2, 0) is 0 Å². The van der Waals surface area contributed by atoms with Crippen LogP contribution in [-0.4, -0.2) is 25.7 Å². The molecular formula is C15H22ClFN2. The standard InChI is InChI=1S/C15H22ClFN2/c1-3-7-18-14-6-8-19(10-11(14)2)15-5-4-12(17)9-13(15)16/h4-5,9,11,14,18H,3,6-8,10H2,1-2H3. The predicted molar refractivity (Wildman–Crippen MR) is 79.5 cm³/mol. The summed E-state index contributed by atoms with van der Waals surface area (Å²) in [6, 6.07) is 5.23. The summed E-state index contributed by atoms with van der Waals surface area (Å²) in [7, 11) is 0. The second-order valence-corrected chi connectivity index (χ2v) is 5.78. The van der Waals surface area contributed by atoms with Crippen molar-refractivity contribution in [2.24, 2.45) is 5.92 Å². The third-order valence-corrected chi connectivity index (χ3v) is 4.11. The molecule has 0 aliphatic carbocycles. The summed E-state index contributed by atoms with van der Waals surface area (Å²) < 4.78 is 13.1. The van der Waals surface area contributed by atoms with Crippen LogP contribution in [0.2, 0.25) is 5.02 Å². The van der Waals surface area contributed by atoms with E-state index in [0.29, 0.717) is 17.0 Å². The van der Waals surface area contributed by atoms with Crippen molar-refractivity contribution in [2.45, 2.75) is 32.7 Å². The summed E-state index contributed by atoms with van der Waals surface area (Å²) >= 11 is 6.13. The molecule has 2 nitrogen and oxygen atoms in total. The number of nitrogens with zero attached hydrogens (tertiary/aromatic N) is 1. The van der Waals surface area contributed by atoms with E-state index in [1.54, 1.807) is 6.07 Å². The number of benzene rings is 1. The molecule has 0 aromatic heterocycles. The molecule has 1 fully saturated rings. The van der Waals surface area contributed by atoms with Crippen molar-refractivity contribution in [1.82, 2.24) is 5.32 Å². The Balaban J connectivity index is 2.01. The number of rotatable bonds is 4. The predicted octanol–water partition coefficient (Wildman–Crippen LogP) is 3.69. The molecule has 1 aromatic rings. The third kappa shape index (κ3) is 3.61. The average molecular weight is 285 g/mol. The Bertz CT molecular complexity index is 425. The molecule has 1 N–H and O–H groups in total. The Labute approximate surface area is 119 Å². The number of hydrogen-bond acceptors (Lipinski definition) is 2. The lowest BCUT2D eigenvalue weighted by molar-refractivity contribution is 0.322. The van der Waals surface area contributed by atoms with E-state index in [0.717, 1.165) is 38.2 Å². The fourth-order valence-corrected chi connectivity index (χ4v) is 3.02. The average Bonchev–Trinajstić information content (AvgIpc) is 2.37. The lowest BCUT2D eigenvalue weighted by Gasteiger charge is -2.39. The maximum absolute atomic E-state index is 13.1. The van der Waals surface area contributed by atoms with Crippen LogP contribution in [0.3, 0.4) is 0 Å². The molecule has 1 saturated heterocycles. The Morgan fingerprint density at radius 3 is 2.89 bits per heavy atom. The Kier molecular flexibility index (Phi) is 5.06. The van der Waals surface area contributed by atoms with E-state index >= 15 is 0 Å². The minimum atomic E-state index is -0.277. The molecule has 0 bridgehead atoms. The van der Waals surface area contributed by atoms with Gasteiger partial charge in [-0.2, -0.15) is 0 Å². The number of anilines is 1. The van der Waals surface area contributed by atoms with Crippen LogP contribution in [0.4, 0.5) is 10.1 Å². The zero-order valence-corrected chi connectivity index (χ0v) is 12.4. The lowest BCUT2D eigenvalue weighted by atomic mass is 9.93. The van der Waals surface area contributed by atoms with Crippen molar-refractivity contribution in [3.05, 3.63) is 29.0 Å². The van der Waals surface area contributed by atoms with Gasteiger partial charge >= 0.3 is 0 Å². The molecule has 0 spiro atoms. The van der Waals surface area contributed by atoms with Crippen LogP contribution in [0.15, 0.2) is 18.2 Å². The van der Waals surface area contributed by atoms with Gasteiger partial charge in [-0.05, 0) is 43.5 Å². The largest absolute Gasteiger partial charge is 0.370 e. The van der Waals surface area contributed by atoms with Gasteiger partial charge in [0.1, 0.15) is 5.82 Å². The molecule has 0 radical (unpaired) electrons. The van der Waals surface area contributed by atoms with E-state index in [-0.39, 0.29) is 5.82 Å². The second-order valence-electron chi connectivity index (χ2n) is 5.37. The van der Waals surface area contributed by atoms with Crippen LogP contribution in [0.5, 0.6) is 0 Å². The van der Waals surface area contributed by atoms with Gasteiger partial charge in [0.25, 0.3) is 0 Å². The Morgan fingerprint density at radius 1 is 1.47 bits per heavy atom. The van der Waals surface area contributed by atoms with E-state index in [4.69, 9.17) is 11.6 Å². The molecule has 1 aliphatic heterocycles. The van der Waals surface area contributed by atoms with Gasteiger partial charge in [-0.3, -0.25) is 0 Å². The van der Waals surface area contributed by atoms with Crippen LogP contribution in [0.1, 0.15) is 26.7 Å². The fourth-order valence-electron chi connectivity index (χ4n) is 2.74. The van der Waals surface area contributed by atoms with Crippen LogP contribution < -0.4 is 10.2 Å². The topological polar surface area (TPSA) is 15.3 Å². The smallest absolute Gasteiger partial charge is 0.124 e. The maximum atomic E-state index is 13.1. The van der Waals surface area contributed by atoms with Gasteiger partial charge in [0.05, 0.1) is 10.7 Å². The summed E-state index contributed by atoms with van der Waals surface area (Å²) in [5.74, 6) is 0.294. The molecule has 0 amide bonds. The van der Waals surface area contributed by atoms with Gasteiger partial charge in [-0.15, -0.1) is 0 Å². The third-order valence-electron chi connectivity index (χ3n) is 3.81. The van der Waals surface area contributed by atoms with Gasteiger partial charge in [-0.25, -0.2) is 4.39 Å². The molecule has 4 heteroatoms. The van der Waals surface area contributed by atoms with E-state index in [2.05, 4.69) is 24.1 Å². The van der Waals surface area contributed by atoms with Crippen LogP contribution in [0.25, 0.3) is 0 Å². The normalized spacial score (nSPS) is 23.7. The number of halogens is 2. The zero-order valence-electron chi connectivity index (χ0n) is 11.6. The Hall–Kier alpha value is -0.800. The van der Waals surface area contributed by atoms with E-state index in [1.807, 2.05) is 0 Å². The summed E-state index contributed by atoms with van der Waals surface area (Å²) in [6.07, 6.45) is 2.27. The van der Waals surface area contributed by atoms with Crippen molar-refractivity contribution in [2.75, 3.05) is 24.5 Å².